The predicted octanol–water partition coefficient (Wildman–Crippen LogP) is 3.59. The highest BCUT2D eigenvalue weighted by atomic mass is 79.9. The van der Waals surface area contributed by atoms with Crippen LogP contribution in [0.25, 0.3) is 0 Å². The molecule has 1 aromatic rings. The van der Waals surface area contributed by atoms with E-state index in [1.54, 1.807) is 12.1 Å². The van der Waals surface area contributed by atoms with Crippen LogP contribution in [-0.4, -0.2) is 11.1 Å². The standard InChI is InChI=1S/C8H5BrCl2O2/c9-3-4-1-2-5(10)7(11)6(4)8(12)13/h1-2H,3H2,(H,12,13). The number of hydrogen-bond donors (Lipinski definition) is 1. The van der Waals surface area contributed by atoms with Crippen LogP contribution < -0.4 is 0 Å². The highest BCUT2D eigenvalue weighted by Crippen LogP contribution is 2.29. The summed E-state index contributed by atoms with van der Waals surface area (Å²) in [5.74, 6) is -1.07. The van der Waals surface area contributed by atoms with E-state index in [2.05, 4.69) is 15.9 Å². The fourth-order valence-corrected chi connectivity index (χ4v) is 1.82. The Balaban J connectivity index is 3.41. The number of benzene rings is 1. The van der Waals surface area contributed by atoms with E-state index in [1.165, 1.54) is 0 Å². The van der Waals surface area contributed by atoms with Crippen LogP contribution in [0.15, 0.2) is 12.1 Å². The Morgan fingerprint density at radius 3 is 2.54 bits per heavy atom. The van der Waals surface area contributed by atoms with E-state index in [0.29, 0.717) is 10.9 Å². The second-order valence-electron chi connectivity index (χ2n) is 2.33. The van der Waals surface area contributed by atoms with E-state index in [4.69, 9.17) is 28.3 Å². The van der Waals surface area contributed by atoms with Gasteiger partial charge in [0, 0.05) is 5.33 Å². The van der Waals surface area contributed by atoms with Crippen LogP contribution in [-0.2, 0) is 5.33 Å². The number of carboxylic acid groups (broad SMARTS) is 1. The molecule has 2 nitrogen and oxygen atoms in total. The highest BCUT2D eigenvalue weighted by Gasteiger charge is 2.15. The van der Waals surface area contributed by atoms with Gasteiger partial charge in [0.15, 0.2) is 0 Å². The monoisotopic (exact) mass is 282 g/mol. The Kier molecular flexibility index (Phi) is 3.59. The van der Waals surface area contributed by atoms with Crippen LogP contribution in [0, 0.1) is 0 Å². The molecule has 0 amide bonds. The van der Waals surface area contributed by atoms with Gasteiger partial charge in [-0.1, -0.05) is 45.2 Å². The first-order chi connectivity index (χ1) is 6.07. The fourth-order valence-electron chi connectivity index (χ4n) is 0.933. The molecule has 0 unspecified atom stereocenters. The first-order valence-corrected chi connectivity index (χ1v) is 5.21. The molecule has 1 N–H and O–H groups in total. The van der Waals surface area contributed by atoms with E-state index in [-0.39, 0.29) is 15.6 Å². The second-order valence-corrected chi connectivity index (χ2v) is 3.68. The van der Waals surface area contributed by atoms with E-state index < -0.39 is 5.97 Å². The zero-order valence-electron chi connectivity index (χ0n) is 6.35. The van der Waals surface area contributed by atoms with Crippen LogP contribution in [0.3, 0.4) is 0 Å². The van der Waals surface area contributed by atoms with Gasteiger partial charge in [-0.25, -0.2) is 4.79 Å². The summed E-state index contributed by atoms with van der Waals surface area (Å²) < 4.78 is 0. The molecular formula is C8H5BrCl2O2. The fraction of sp³-hybridized carbons (Fsp3) is 0.125. The van der Waals surface area contributed by atoms with E-state index in [9.17, 15) is 4.79 Å². The van der Waals surface area contributed by atoms with Gasteiger partial charge >= 0.3 is 5.97 Å². The third kappa shape index (κ3) is 2.16. The summed E-state index contributed by atoms with van der Waals surface area (Å²) in [7, 11) is 0. The van der Waals surface area contributed by atoms with Crippen LogP contribution in [0.4, 0.5) is 0 Å². The summed E-state index contributed by atoms with van der Waals surface area (Å²) >= 11 is 14.6. The Morgan fingerprint density at radius 1 is 1.46 bits per heavy atom. The average Bonchev–Trinajstić information content (AvgIpc) is 2.08. The van der Waals surface area contributed by atoms with E-state index in [0.717, 1.165) is 0 Å². The largest absolute Gasteiger partial charge is 0.478 e. The number of carboxylic acids is 1. The third-order valence-corrected chi connectivity index (χ3v) is 2.95. The van der Waals surface area contributed by atoms with Crippen LogP contribution >= 0.6 is 39.1 Å². The van der Waals surface area contributed by atoms with Crippen molar-refractivity contribution in [2.75, 3.05) is 0 Å². The third-order valence-electron chi connectivity index (χ3n) is 1.54. The molecule has 0 aromatic heterocycles. The predicted molar refractivity (Wildman–Crippen MR) is 56.1 cm³/mol. The van der Waals surface area contributed by atoms with Crippen molar-refractivity contribution in [3.05, 3.63) is 33.3 Å². The van der Waals surface area contributed by atoms with Gasteiger partial charge in [-0.05, 0) is 11.6 Å². The number of hydrogen-bond acceptors (Lipinski definition) is 1. The lowest BCUT2D eigenvalue weighted by Crippen LogP contribution is -2.02. The SMILES string of the molecule is O=C(O)c1c(CBr)ccc(Cl)c1Cl. The van der Waals surface area contributed by atoms with Gasteiger partial charge in [0.25, 0.3) is 0 Å². The molecule has 70 valence electrons. The molecule has 13 heavy (non-hydrogen) atoms. The topological polar surface area (TPSA) is 37.3 Å². The van der Waals surface area contributed by atoms with Crippen LogP contribution in [0.1, 0.15) is 15.9 Å². The number of halogens is 3. The summed E-state index contributed by atoms with van der Waals surface area (Å²) in [5, 5.41) is 9.62. The average molecular weight is 284 g/mol. The van der Waals surface area contributed by atoms with E-state index >= 15 is 0 Å². The summed E-state index contributed by atoms with van der Waals surface area (Å²) in [5.41, 5.74) is 0.674. The number of carbonyl (C=O) groups is 1. The lowest BCUT2D eigenvalue weighted by atomic mass is 10.1. The zero-order valence-corrected chi connectivity index (χ0v) is 9.45. The highest BCUT2D eigenvalue weighted by molar-refractivity contribution is 9.08. The molecule has 5 heteroatoms. The summed E-state index contributed by atoms with van der Waals surface area (Å²) in [4.78, 5) is 10.8. The first kappa shape index (κ1) is 10.8. The first-order valence-electron chi connectivity index (χ1n) is 3.34. The van der Waals surface area contributed by atoms with E-state index in [1.807, 2.05) is 0 Å². The molecule has 0 heterocycles. The Hall–Kier alpha value is -0.250. The Morgan fingerprint density at radius 2 is 2.08 bits per heavy atom. The summed E-state index contributed by atoms with van der Waals surface area (Å²) in [6, 6.07) is 3.21. The molecule has 0 saturated carbocycles. The summed E-state index contributed by atoms with van der Waals surface area (Å²) in [6.45, 7) is 0. The smallest absolute Gasteiger partial charge is 0.337 e. The van der Waals surface area contributed by atoms with Crippen molar-refractivity contribution < 1.29 is 9.90 Å². The minimum absolute atomic E-state index is 0.0611. The molecule has 1 rings (SSSR count). The van der Waals surface area contributed by atoms with Gasteiger partial charge in [0.05, 0.1) is 15.6 Å². The second kappa shape index (κ2) is 4.31. The maximum absolute atomic E-state index is 10.8. The van der Waals surface area contributed by atoms with Gasteiger partial charge < -0.3 is 5.11 Å². The molecule has 0 saturated heterocycles. The quantitative estimate of drug-likeness (QED) is 0.843. The minimum Gasteiger partial charge on any atom is -0.478 e. The van der Waals surface area contributed by atoms with Gasteiger partial charge in [0.2, 0.25) is 0 Å². The number of aromatic carboxylic acids is 1. The van der Waals surface area contributed by atoms with Gasteiger partial charge in [-0.15, -0.1) is 0 Å². The molecule has 0 fully saturated rings. The molecule has 0 aliphatic rings. The molecule has 0 atom stereocenters. The molecule has 0 radical (unpaired) electrons. The van der Waals surface area contributed by atoms with Crippen molar-refractivity contribution in [2.24, 2.45) is 0 Å². The van der Waals surface area contributed by atoms with Crippen molar-refractivity contribution in [2.45, 2.75) is 5.33 Å². The van der Waals surface area contributed by atoms with Gasteiger partial charge in [-0.2, -0.15) is 0 Å². The normalized spacial score (nSPS) is 10.1. The Labute approximate surface area is 93.6 Å². The van der Waals surface area contributed by atoms with Gasteiger partial charge in [0.1, 0.15) is 0 Å². The van der Waals surface area contributed by atoms with Crippen molar-refractivity contribution >= 4 is 45.1 Å². The number of rotatable bonds is 2. The van der Waals surface area contributed by atoms with Crippen molar-refractivity contribution in [3.8, 4) is 0 Å². The molecule has 0 spiro atoms. The lowest BCUT2D eigenvalue weighted by molar-refractivity contribution is 0.0696. The molecular weight excluding hydrogens is 279 g/mol. The number of alkyl halides is 1. The molecule has 1 aromatic carbocycles. The van der Waals surface area contributed by atoms with Gasteiger partial charge in [-0.3, -0.25) is 0 Å². The van der Waals surface area contributed by atoms with Crippen molar-refractivity contribution in [1.82, 2.24) is 0 Å². The minimum atomic E-state index is -1.07. The van der Waals surface area contributed by atoms with Crippen LogP contribution in [0.2, 0.25) is 10.0 Å². The molecule has 0 aliphatic heterocycles. The van der Waals surface area contributed by atoms with Crippen LogP contribution in [0.5, 0.6) is 0 Å². The summed E-state index contributed by atoms with van der Waals surface area (Å²) in [6.07, 6.45) is 0. The maximum Gasteiger partial charge on any atom is 0.337 e. The lowest BCUT2D eigenvalue weighted by Gasteiger charge is -2.05. The van der Waals surface area contributed by atoms with Crippen molar-refractivity contribution in [3.63, 3.8) is 0 Å². The molecule has 0 bridgehead atoms. The Bertz CT molecular complexity index is 352. The molecule has 0 aliphatic carbocycles. The zero-order chi connectivity index (χ0) is 10.0. The van der Waals surface area contributed by atoms with Crippen molar-refractivity contribution in [1.29, 1.82) is 0 Å². The maximum atomic E-state index is 10.8.